The fourth-order valence-corrected chi connectivity index (χ4v) is 1.97. The summed E-state index contributed by atoms with van der Waals surface area (Å²) in [6.07, 6.45) is 5.81. The zero-order chi connectivity index (χ0) is 9.84. The van der Waals surface area contributed by atoms with E-state index in [0.717, 1.165) is 17.9 Å². The number of carbonyl (C=O) groups excluding carboxylic acids is 1. The summed E-state index contributed by atoms with van der Waals surface area (Å²) in [6.45, 7) is 7.80. The van der Waals surface area contributed by atoms with Gasteiger partial charge in [-0.1, -0.05) is 26.3 Å². The van der Waals surface area contributed by atoms with Crippen molar-refractivity contribution >= 4 is 5.78 Å². The second-order valence-corrected chi connectivity index (χ2v) is 4.53. The van der Waals surface area contributed by atoms with Crippen LogP contribution in [-0.2, 0) is 4.79 Å². The fourth-order valence-electron chi connectivity index (χ4n) is 1.97. The Balaban J connectivity index is 2.30. The number of Topliss-reactive ketones (excluding diaryl/α,β-unsaturated/α-hetero) is 1. The minimum absolute atomic E-state index is 0.263. The first-order chi connectivity index (χ1) is 6.09. The Labute approximate surface area is 81.2 Å². The highest BCUT2D eigenvalue weighted by atomic mass is 16.1. The van der Waals surface area contributed by atoms with Gasteiger partial charge in [0.25, 0.3) is 0 Å². The lowest BCUT2D eigenvalue weighted by Gasteiger charge is -2.25. The molecule has 0 saturated heterocycles. The van der Waals surface area contributed by atoms with Crippen LogP contribution in [0.25, 0.3) is 0 Å². The number of allylic oxidation sites excluding steroid dienone is 1. The first kappa shape index (κ1) is 10.5. The van der Waals surface area contributed by atoms with E-state index in [-0.39, 0.29) is 5.78 Å². The van der Waals surface area contributed by atoms with Crippen LogP contribution < -0.4 is 0 Å². The van der Waals surface area contributed by atoms with Crippen molar-refractivity contribution in [1.29, 1.82) is 0 Å². The third-order valence-corrected chi connectivity index (χ3v) is 3.09. The van der Waals surface area contributed by atoms with Gasteiger partial charge in [0.1, 0.15) is 0 Å². The normalized spacial score (nSPS) is 28.5. The Bertz CT molecular complexity index is 197. The first-order valence-electron chi connectivity index (χ1n) is 5.28. The maximum atomic E-state index is 11.4. The smallest absolute Gasteiger partial charge is 0.158 e. The summed E-state index contributed by atoms with van der Waals surface area (Å²) in [7, 11) is 0. The van der Waals surface area contributed by atoms with Crippen LogP contribution in [0.5, 0.6) is 0 Å². The van der Waals surface area contributed by atoms with Crippen molar-refractivity contribution in [2.45, 2.75) is 46.0 Å². The quantitative estimate of drug-likeness (QED) is 0.609. The average Bonchev–Trinajstić information content (AvgIpc) is 2.08. The Morgan fingerprint density at radius 3 is 2.31 bits per heavy atom. The second kappa shape index (κ2) is 4.59. The lowest BCUT2D eigenvalue weighted by molar-refractivity contribution is -0.116. The van der Waals surface area contributed by atoms with Crippen LogP contribution in [-0.4, -0.2) is 5.78 Å². The van der Waals surface area contributed by atoms with Gasteiger partial charge in [0.2, 0.25) is 0 Å². The molecule has 0 unspecified atom stereocenters. The molecule has 0 heterocycles. The monoisotopic (exact) mass is 180 g/mol. The summed E-state index contributed by atoms with van der Waals surface area (Å²) in [5.41, 5.74) is 0.721. The molecule has 1 fully saturated rings. The molecule has 0 atom stereocenters. The van der Waals surface area contributed by atoms with Crippen LogP contribution in [0, 0.1) is 11.8 Å². The zero-order valence-electron chi connectivity index (χ0n) is 8.81. The highest BCUT2D eigenvalue weighted by molar-refractivity contribution is 5.94. The molecule has 0 aromatic rings. The van der Waals surface area contributed by atoms with E-state index in [4.69, 9.17) is 0 Å². The number of ketones is 1. The lowest BCUT2D eigenvalue weighted by atomic mass is 9.80. The summed E-state index contributed by atoms with van der Waals surface area (Å²) in [6, 6.07) is 0. The molecule has 0 radical (unpaired) electrons. The van der Waals surface area contributed by atoms with Crippen molar-refractivity contribution in [3.05, 3.63) is 12.2 Å². The number of rotatable bonds is 3. The van der Waals surface area contributed by atoms with Crippen molar-refractivity contribution in [1.82, 2.24) is 0 Å². The molecular formula is C12H20O. The van der Waals surface area contributed by atoms with E-state index in [1.54, 1.807) is 0 Å². The van der Waals surface area contributed by atoms with E-state index >= 15 is 0 Å². The lowest BCUT2D eigenvalue weighted by Crippen LogP contribution is -2.16. The van der Waals surface area contributed by atoms with Gasteiger partial charge in [0.15, 0.2) is 5.78 Å². The second-order valence-electron chi connectivity index (χ2n) is 4.53. The molecule has 0 amide bonds. The molecule has 0 N–H and O–H groups in total. The summed E-state index contributed by atoms with van der Waals surface area (Å²) in [4.78, 5) is 11.4. The third kappa shape index (κ3) is 3.33. The standard InChI is InChI=1S/C12H20O/c1-9(2)12(13)8-11-6-4-10(3)5-7-11/h10-11H,1,4-8H2,2-3H3. The van der Waals surface area contributed by atoms with Gasteiger partial charge in [0.05, 0.1) is 0 Å². The molecule has 1 rings (SSSR count). The van der Waals surface area contributed by atoms with Crippen LogP contribution >= 0.6 is 0 Å². The highest BCUT2D eigenvalue weighted by Gasteiger charge is 2.20. The molecule has 1 aliphatic carbocycles. The number of hydrogen-bond donors (Lipinski definition) is 0. The Hall–Kier alpha value is -0.590. The van der Waals surface area contributed by atoms with Gasteiger partial charge < -0.3 is 0 Å². The number of hydrogen-bond acceptors (Lipinski definition) is 1. The topological polar surface area (TPSA) is 17.1 Å². The van der Waals surface area contributed by atoms with E-state index in [0.29, 0.717) is 5.92 Å². The van der Waals surface area contributed by atoms with E-state index in [1.807, 2.05) is 6.92 Å². The van der Waals surface area contributed by atoms with Gasteiger partial charge >= 0.3 is 0 Å². The molecule has 1 aliphatic rings. The summed E-state index contributed by atoms with van der Waals surface area (Å²) in [5, 5.41) is 0. The largest absolute Gasteiger partial charge is 0.295 e. The van der Waals surface area contributed by atoms with E-state index in [2.05, 4.69) is 13.5 Å². The molecule has 0 aliphatic heterocycles. The van der Waals surface area contributed by atoms with Crippen LogP contribution in [0.15, 0.2) is 12.2 Å². The third-order valence-electron chi connectivity index (χ3n) is 3.09. The van der Waals surface area contributed by atoms with Gasteiger partial charge in [0, 0.05) is 6.42 Å². The molecular weight excluding hydrogens is 160 g/mol. The van der Waals surface area contributed by atoms with Gasteiger partial charge in [-0.2, -0.15) is 0 Å². The molecule has 0 aromatic heterocycles. The van der Waals surface area contributed by atoms with Crippen LogP contribution in [0.2, 0.25) is 0 Å². The predicted molar refractivity (Wildman–Crippen MR) is 55.6 cm³/mol. The van der Waals surface area contributed by atoms with Crippen molar-refractivity contribution in [3.8, 4) is 0 Å². The Morgan fingerprint density at radius 1 is 1.31 bits per heavy atom. The van der Waals surface area contributed by atoms with Crippen molar-refractivity contribution in [3.63, 3.8) is 0 Å². The maximum absolute atomic E-state index is 11.4. The fraction of sp³-hybridized carbons (Fsp3) is 0.750. The van der Waals surface area contributed by atoms with Gasteiger partial charge in [-0.05, 0) is 37.2 Å². The van der Waals surface area contributed by atoms with E-state index in [9.17, 15) is 4.79 Å². The molecule has 1 heteroatoms. The summed E-state index contributed by atoms with van der Waals surface area (Å²) >= 11 is 0. The summed E-state index contributed by atoms with van der Waals surface area (Å²) in [5.74, 6) is 1.77. The average molecular weight is 180 g/mol. The minimum atomic E-state index is 0.263. The molecule has 1 nitrogen and oxygen atoms in total. The number of carbonyl (C=O) groups is 1. The van der Waals surface area contributed by atoms with Crippen molar-refractivity contribution < 1.29 is 4.79 Å². The van der Waals surface area contributed by atoms with Gasteiger partial charge in [-0.3, -0.25) is 4.79 Å². The molecule has 13 heavy (non-hydrogen) atoms. The van der Waals surface area contributed by atoms with Crippen LogP contribution in [0.4, 0.5) is 0 Å². The van der Waals surface area contributed by atoms with E-state index in [1.165, 1.54) is 25.7 Å². The predicted octanol–water partition coefficient (Wildman–Crippen LogP) is 3.35. The van der Waals surface area contributed by atoms with Crippen molar-refractivity contribution in [2.75, 3.05) is 0 Å². The molecule has 74 valence electrons. The Kier molecular flexibility index (Phi) is 3.71. The molecule has 1 saturated carbocycles. The highest BCUT2D eigenvalue weighted by Crippen LogP contribution is 2.30. The summed E-state index contributed by atoms with van der Waals surface area (Å²) < 4.78 is 0. The Morgan fingerprint density at radius 2 is 1.85 bits per heavy atom. The van der Waals surface area contributed by atoms with Gasteiger partial charge in [-0.15, -0.1) is 0 Å². The van der Waals surface area contributed by atoms with Crippen molar-refractivity contribution in [2.24, 2.45) is 11.8 Å². The van der Waals surface area contributed by atoms with E-state index < -0.39 is 0 Å². The van der Waals surface area contributed by atoms with Crippen LogP contribution in [0.1, 0.15) is 46.0 Å². The van der Waals surface area contributed by atoms with Gasteiger partial charge in [-0.25, -0.2) is 0 Å². The molecule has 0 bridgehead atoms. The molecule has 0 spiro atoms. The zero-order valence-corrected chi connectivity index (χ0v) is 8.81. The minimum Gasteiger partial charge on any atom is -0.295 e. The molecule has 0 aromatic carbocycles. The van der Waals surface area contributed by atoms with Crippen LogP contribution in [0.3, 0.4) is 0 Å². The first-order valence-corrected chi connectivity index (χ1v) is 5.28. The SMILES string of the molecule is C=C(C)C(=O)CC1CCC(C)CC1. The maximum Gasteiger partial charge on any atom is 0.158 e.